The summed E-state index contributed by atoms with van der Waals surface area (Å²) in [6, 6.07) is 34.7. The van der Waals surface area contributed by atoms with E-state index in [9.17, 15) is 14.7 Å². The molecule has 0 aliphatic carbocycles. The molecule has 0 aliphatic rings. The van der Waals surface area contributed by atoms with E-state index in [2.05, 4.69) is 12.1 Å². The van der Waals surface area contributed by atoms with E-state index < -0.39 is 5.97 Å². The molecule has 4 aromatic carbocycles. The molecule has 176 valence electrons. The van der Waals surface area contributed by atoms with Crippen molar-refractivity contribution in [3.8, 4) is 11.1 Å². The number of carbonyl (C=O) groups is 2. The molecule has 0 saturated carbocycles. The van der Waals surface area contributed by atoms with Gasteiger partial charge < -0.3 is 14.8 Å². The Labute approximate surface area is 234 Å². The number of amides is 1. The van der Waals surface area contributed by atoms with Gasteiger partial charge in [0.25, 0.3) is 0 Å². The quantitative estimate of drug-likeness (QED) is 0.323. The summed E-state index contributed by atoms with van der Waals surface area (Å²) in [5, 5.41) is 11.7. The molecule has 0 heterocycles. The van der Waals surface area contributed by atoms with E-state index in [4.69, 9.17) is 0 Å². The number of hydrogen-bond acceptors (Lipinski definition) is 3. The number of hydrogen-bond donors (Lipinski definition) is 0. The van der Waals surface area contributed by atoms with Crippen LogP contribution < -0.4 is 34.7 Å². The van der Waals surface area contributed by atoms with Crippen molar-refractivity contribution in [1.82, 2.24) is 4.90 Å². The summed E-state index contributed by atoms with van der Waals surface area (Å²) in [7, 11) is 0. The van der Waals surface area contributed by atoms with Crippen LogP contribution in [0.3, 0.4) is 0 Å². The van der Waals surface area contributed by atoms with Gasteiger partial charge >= 0.3 is 29.6 Å². The fourth-order valence-electron chi connectivity index (χ4n) is 4.28. The molecule has 0 saturated heterocycles. The van der Waals surface area contributed by atoms with Crippen LogP contribution in [0.2, 0.25) is 0 Å². The van der Waals surface area contributed by atoms with Crippen LogP contribution in [0, 0.1) is 0 Å². The zero-order valence-corrected chi connectivity index (χ0v) is 22.6. The van der Waals surface area contributed by atoms with Crippen molar-refractivity contribution in [3.63, 3.8) is 0 Å². The second kappa shape index (κ2) is 13.8. The first-order chi connectivity index (χ1) is 17.1. The van der Waals surface area contributed by atoms with Gasteiger partial charge in [-0.15, -0.1) is 0 Å². The minimum absolute atomic E-state index is 0. The Bertz CT molecular complexity index is 1280. The van der Waals surface area contributed by atoms with Gasteiger partial charge in [0.05, 0.1) is 5.97 Å². The fraction of sp³-hybridized carbons (Fsp3) is 0.161. The normalized spacial score (nSPS) is 10.3. The second-order valence-electron chi connectivity index (χ2n) is 8.53. The molecule has 0 fully saturated rings. The Morgan fingerprint density at radius 1 is 0.639 bits per heavy atom. The van der Waals surface area contributed by atoms with Gasteiger partial charge in [-0.2, -0.15) is 0 Å². The van der Waals surface area contributed by atoms with E-state index in [0.29, 0.717) is 31.5 Å². The van der Waals surface area contributed by atoms with E-state index in [1.165, 1.54) is 5.56 Å². The summed E-state index contributed by atoms with van der Waals surface area (Å²) in [6.07, 6.45) is 1.84. The number of benzene rings is 4. The Hall–Kier alpha value is -3.18. The van der Waals surface area contributed by atoms with Crippen LogP contribution in [0.5, 0.6) is 0 Å². The maximum Gasteiger partial charge on any atom is 1.00 e. The van der Waals surface area contributed by atoms with Gasteiger partial charge in [-0.1, -0.05) is 109 Å². The van der Waals surface area contributed by atoms with Gasteiger partial charge in [-0.25, -0.2) is 0 Å². The molecule has 4 nitrogen and oxygen atoms in total. The molecule has 5 heteroatoms. The molecule has 0 aliphatic heterocycles. The van der Waals surface area contributed by atoms with Crippen molar-refractivity contribution in [2.75, 3.05) is 6.54 Å². The Balaban J connectivity index is 0.00000361. The summed E-state index contributed by atoms with van der Waals surface area (Å²) in [6.45, 7) is 0.978. The molecular formula is C31H28NNaO3. The first-order valence-corrected chi connectivity index (χ1v) is 11.9. The molecule has 0 spiro atoms. The molecule has 0 radical (unpaired) electrons. The van der Waals surface area contributed by atoms with E-state index in [0.717, 1.165) is 23.1 Å². The van der Waals surface area contributed by atoms with E-state index in [1.807, 2.05) is 83.8 Å². The third-order valence-electron chi connectivity index (χ3n) is 6.15. The minimum Gasteiger partial charge on any atom is -0.545 e. The molecule has 0 N–H and O–H groups in total. The molecule has 0 bridgehead atoms. The number of nitrogens with zero attached hydrogens (tertiary/aromatic N) is 1. The number of carboxylic acids is 1. The number of carboxylic acid groups (broad SMARTS) is 1. The smallest absolute Gasteiger partial charge is 0.545 e. The SMILES string of the molecule is O=C([O-])c1ccccc1-c1ccccc1CN(CCc1ccccc1)C(=O)CCc1ccccc1.[Na+]. The average Bonchev–Trinajstić information content (AvgIpc) is 2.91. The van der Waals surface area contributed by atoms with Crippen LogP contribution >= 0.6 is 0 Å². The Morgan fingerprint density at radius 2 is 1.17 bits per heavy atom. The maximum absolute atomic E-state index is 13.4. The van der Waals surface area contributed by atoms with Crippen molar-refractivity contribution in [2.24, 2.45) is 0 Å². The third-order valence-corrected chi connectivity index (χ3v) is 6.15. The van der Waals surface area contributed by atoms with Crippen LogP contribution in [0.4, 0.5) is 0 Å². The molecule has 4 aromatic rings. The molecule has 36 heavy (non-hydrogen) atoms. The largest absolute Gasteiger partial charge is 1.00 e. The number of aromatic carboxylic acids is 1. The van der Waals surface area contributed by atoms with E-state index >= 15 is 0 Å². The summed E-state index contributed by atoms with van der Waals surface area (Å²) < 4.78 is 0. The fourth-order valence-corrected chi connectivity index (χ4v) is 4.28. The van der Waals surface area contributed by atoms with E-state index in [1.54, 1.807) is 18.2 Å². The monoisotopic (exact) mass is 485 g/mol. The number of carbonyl (C=O) groups excluding carboxylic acids is 2. The van der Waals surface area contributed by atoms with Crippen molar-refractivity contribution in [1.29, 1.82) is 0 Å². The van der Waals surface area contributed by atoms with Crippen molar-refractivity contribution in [2.45, 2.75) is 25.8 Å². The zero-order valence-electron chi connectivity index (χ0n) is 20.6. The molecule has 0 aromatic heterocycles. The van der Waals surface area contributed by atoms with Crippen molar-refractivity contribution < 1.29 is 44.3 Å². The van der Waals surface area contributed by atoms with Crippen LogP contribution in [-0.2, 0) is 24.2 Å². The Morgan fingerprint density at radius 3 is 1.81 bits per heavy atom. The predicted octanol–water partition coefficient (Wildman–Crippen LogP) is 1.93. The van der Waals surface area contributed by atoms with Gasteiger partial charge in [-0.05, 0) is 40.7 Å². The number of aryl methyl sites for hydroxylation is 1. The third kappa shape index (κ3) is 7.41. The van der Waals surface area contributed by atoms with Crippen LogP contribution in [0.1, 0.15) is 33.5 Å². The Kier molecular flexibility index (Phi) is 10.5. The second-order valence-corrected chi connectivity index (χ2v) is 8.53. The van der Waals surface area contributed by atoms with Gasteiger partial charge in [0, 0.05) is 25.1 Å². The first kappa shape index (κ1) is 27.4. The topological polar surface area (TPSA) is 60.4 Å². The zero-order chi connectivity index (χ0) is 24.5. The van der Waals surface area contributed by atoms with Gasteiger partial charge in [0.1, 0.15) is 0 Å². The molecule has 4 rings (SSSR count). The van der Waals surface area contributed by atoms with Crippen molar-refractivity contribution >= 4 is 11.9 Å². The molecule has 0 unspecified atom stereocenters. The molecule has 1 amide bonds. The summed E-state index contributed by atoms with van der Waals surface area (Å²) in [4.78, 5) is 27.0. The predicted molar refractivity (Wildman–Crippen MR) is 137 cm³/mol. The standard InChI is InChI=1S/C31H29NO3.Na/c33-30(20-19-24-11-3-1-4-12-24)32(22-21-25-13-5-2-6-14-25)23-26-15-7-8-16-27(26)28-17-9-10-18-29(28)31(34)35;/h1-18H,19-23H2,(H,34,35);/q;+1/p-1. The summed E-state index contributed by atoms with van der Waals surface area (Å²) in [5.41, 5.74) is 4.75. The maximum atomic E-state index is 13.4. The average molecular weight is 486 g/mol. The first-order valence-electron chi connectivity index (χ1n) is 11.9. The number of rotatable bonds is 10. The van der Waals surface area contributed by atoms with Crippen LogP contribution in [0.25, 0.3) is 11.1 Å². The molecule has 0 atom stereocenters. The van der Waals surface area contributed by atoms with Crippen LogP contribution in [-0.4, -0.2) is 23.3 Å². The van der Waals surface area contributed by atoms with Gasteiger partial charge in [-0.3, -0.25) is 4.79 Å². The van der Waals surface area contributed by atoms with E-state index in [-0.39, 0.29) is 41.0 Å². The summed E-state index contributed by atoms with van der Waals surface area (Å²) >= 11 is 0. The summed E-state index contributed by atoms with van der Waals surface area (Å²) in [5.74, 6) is -1.14. The van der Waals surface area contributed by atoms with Crippen LogP contribution in [0.15, 0.2) is 109 Å². The van der Waals surface area contributed by atoms with Gasteiger partial charge in [0.2, 0.25) is 5.91 Å². The van der Waals surface area contributed by atoms with Gasteiger partial charge in [0.15, 0.2) is 0 Å². The molecular weight excluding hydrogens is 457 g/mol. The van der Waals surface area contributed by atoms with Crippen molar-refractivity contribution in [3.05, 3.63) is 131 Å². The minimum atomic E-state index is -1.21.